The Bertz CT molecular complexity index is 1650. The van der Waals surface area contributed by atoms with Crippen molar-refractivity contribution in [2.45, 2.75) is 60.3 Å². The molecule has 236 valence electrons. The van der Waals surface area contributed by atoms with E-state index in [1.54, 1.807) is 60.7 Å². The van der Waals surface area contributed by atoms with E-state index < -0.39 is 15.3 Å². The van der Waals surface area contributed by atoms with Crippen molar-refractivity contribution in [1.82, 2.24) is 4.90 Å². The van der Waals surface area contributed by atoms with Crippen molar-refractivity contribution < 1.29 is 22.3 Å². The molecule has 0 N–H and O–H groups in total. The highest BCUT2D eigenvalue weighted by atomic mass is 32.2. The minimum Gasteiger partial charge on any atom is -0.462 e. The Morgan fingerprint density at radius 1 is 0.933 bits per heavy atom. The number of hydrogen-bond acceptors (Lipinski definition) is 7. The average Bonchev–Trinajstić information content (AvgIpc) is 3.49. The maximum Gasteiger partial charge on any atom is 0.302 e. The van der Waals surface area contributed by atoms with Gasteiger partial charge in [0, 0.05) is 49.6 Å². The Morgan fingerprint density at radius 2 is 1.58 bits per heavy atom. The fourth-order valence-corrected chi connectivity index (χ4v) is 9.24. The molecular weight excluding hydrogens is 589 g/mol. The second kappa shape index (κ2) is 12.9. The number of ether oxygens (including phenoxy) is 1. The number of anilines is 1. The number of esters is 1. The molecule has 0 aromatic heterocycles. The predicted molar refractivity (Wildman–Crippen MR) is 170 cm³/mol. The SMILES string of the molecule is CC(=O)O[C@H]1CCC[C@@H]1C(C#N)(c1ccccc1F)C1CCN(CC2CN(c3ccc(S(=O)(=O)c4ccccc4)cc3)C2)CC1. The van der Waals surface area contributed by atoms with Gasteiger partial charge in [0.25, 0.3) is 0 Å². The number of nitrogens with zero attached hydrogens (tertiary/aromatic N) is 3. The number of likely N-dealkylation sites (tertiary alicyclic amines) is 1. The molecule has 2 heterocycles. The van der Waals surface area contributed by atoms with E-state index in [-0.39, 0.29) is 34.6 Å². The molecule has 3 fully saturated rings. The van der Waals surface area contributed by atoms with E-state index in [4.69, 9.17) is 4.74 Å². The Hall–Kier alpha value is -3.74. The van der Waals surface area contributed by atoms with Gasteiger partial charge in [0.15, 0.2) is 0 Å². The highest BCUT2D eigenvalue weighted by molar-refractivity contribution is 7.91. The van der Waals surface area contributed by atoms with Crippen molar-refractivity contribution in [3.8, 4) is 6.07 Å². The van der Waals surface area contributed by atoms with Crippen LogP contribution in [0.5, 0.6) is 0 Å². The molecule has 3 aromatic carbocycles. The average molecular weight is 630 g/mol. The molecule has 1 aliphatic carbocycles. The molecule has 2 saturated heterocycles. The summed E-state index contributed by atoms with van der Waals surface area (Å²) in [6.45, 7) is 5.80. The molecule has 2 aliphatic heterocycles. The first-order valence-electron chi connectivity index (χ1n) is 15.9. The zero-order chi connectivity index (χ0) is 31.6. The van der Waals surface area contributed by atoms with Crippen molar-refractivity contribution in [1.29, 1.82) is 5.26 Å². The Morgan fingerprint density at radius 3 is 2.22 bits per heavy atom. The molecule has 3 atom stereocenters. The van der Waals surface area contributed by atoms with Crippen molar-refractivity contribution in [2.24, 2.45) is 17.8 Å². The van der Waals surface area contributed by atoms with Crippen LogP contribution in [0.4, 0.5) is 10.1 Å². The van der Waals surface area contributed by atoms with E-state index in [9.17, 15) is 18.5 Å². The summed E-state index contributed by atoms with van der Waals surface area (Å²) in [5, 5.41) is 10.8. The molecule has 0 bridgehead atoms. The van der Waals surface area contributed by atoms with Crippen LogP contribution in [0.2, 0.25) is 0 Å². The lowest BCUT2D eigenvalue weighted by atomic mass is 9.59. The van der Waals surface area contributed by atoms with Crippen molar-refractivity contribution >= 4 is 21.5 Å². The van der Waals surface area contributed by atoms with Gasteiger partial charge in [-0.2, -0.15) is 5.26 Å². The predicted octanol–water partition coefficient (Wildman–Crippen LogP) is 6.00. The van der Waals surface area contributed by atoms with Crippen molar-refractivity contribution in [2.75, 3.05) is 37.6 Å². The quantitative estimate of drug-likeness (QED) is 0.268. The fourth-order valence-electron chi connectivity index (χ4n) is 7.96. The van der Waals surface area contributed by atoms with Gasteiger partial charge in [0.05, 0.1) is 21.3 Å². The van der Waals surface area contributed by atoms with Crippen LogP contribution in [0, 0.1) is 34.9 Å². The summed E-state index contributed by atoms with van der Waals surface area (Å²) in [4.78, 5) is 17.2. The third-order valence-electron chi connectivity index (χ3n) is 10.1. The monoisotopic (exact) mass is 629 g/mol. The molecule has 0 radical (unpaired) electrons. The molecule has 3 aromatic rings. The number of carbonyl (C=O) groups excluding carboxylic acids is 1. The third kappa shape index (κ3) is 6.10. The number of hydrogen-bond donors (Lipinski definition) is 0. The molecule has 0 amide bonds. The minimum absolute atomic E-state index is 0.0413. The van der Waals surface area contributed by atoms with E-state index in [1.807, 2.05) is 12.1 Å². The molecule has 7 nitrogen and oxygen atoms in total. The number of sulfone groups is 1. The van der Waals surface area contributed by atoms with Crippen LogP contribution in [0.15, 0.2) is 88.7 Å². The van der Waals surface area contributed by atoms with Crippen molar-refractivity contribution in [3.05, 3.63) is 90.2 Å². The molecule has 3 aliphatic rings. The van der Waals surface area contributed by atoms with Crippen LogP contribution < -0.4 is 4.90 Å². The maximum absolute atomic E-state index is 15.4. The van der Waals surface area contributed by atoms with Gasteiger partial charge in [-0.1, -0.05) is 36.4 Å². The number of piperidine rings is 1. The minimum atomic E-state index is -3.54. The number of rotatable bonds is 9. The molecule has 1 unspecified atom stereocenters. The second-order valence-corrected chi connectivity index (χ2v) is 14.8. The van der Waals surface area contributed by atoms with Gasteiger partial charge in [-0.15, -0.1) is 0 Å². The zero-order valence-corrected chi connectivity index (χ0v) is 26.5. The van der Waals surface area contributed by atoms with Gasteiger partial charge >= 0.3 is 5.97 Å². The largest absolute Gasteiger partial charge is 0.462 e. The summed E-state index contributed by atoms with van der Waals surface area (Å²) in [7, 11) is -3.54. The smallest absolute Gasteiger partial charge is 0.302 e. The molecule has 6 rings (SSSR count). The number of benzene rings is 3. The zero-order valence-electron chi connectivity index (χ0n) is 25.6. The van der Waals surface area contributed by atoms with Gasteiger partial charge in [0.1, 0.15) is 11.9 Å². The number of nitriles is 1. The second-order valence-electron chi connectivity index (χ2n) is 12.8. The fraction of sp³-hybridized carbons (Fsp3) is 0.444. The van der Waals surface area contributed by atoms with E-state index in [0.717, 1.165) is 64.1 Å². The lowest BCUT2D eigenvalue weighted by Gasteiger charge is -2.47. The Labute approximate surface area is 265 Å². The Balaban J connectivity index is 1.08. The van der Waals surface area contributed by atoms with Crippen molar-refractivity contribution in [3.63, 3.8) is 0 Å². The normalized spacial score (nSPS) is 22.7. The number of carbonyl (C=O) groups is 1. The van der Waals surface area contributed by atoms with Gasteiger partial charge in [-0.25, -0.2) is 12.8 Å². The standard InChI is InChI=1S/C36H40FN3O4S/c1-26(41)44-35-13-7-11-33(35)36(25-38,32-10-5-6-12-34(32)37)28-18-20-39(21-19-28)22-27-23-40(24-27)29-14-16-31(17-15-29)45(42,43)30-8-3-2-4-9-30/h2-6,8-10,12,14-17,27-28,33,35H,7,11,13,18-24H2,1H3/t33-,35-,36?/m0/s1. The van der Waals surface area contributed by atoms with Crippen LogP contribution in [0.25, 0.3) is 0 Å². The first-order valence-corrected chi connectivity index (χ1v) is 17.4. The summed E-state index contributed by atoms with van der Waals surface area (Å²) in [5.74, 6) is -0.515. The van der Waals surface area contributed by atoms with Gasteiger partial charge in [-0.3, -0.25) is 4.79 Å². The topological polar surface area (TPSA) is 90.7 Å². The molecule has 9 heteroatoms. The van der Waals surface area contributed by atoms with Crippen LogP contribution in [-0.4, -0.2) is 58.1 Å². The highest BCUT2D eigenvalue weighted by Crippen LogP contribution is 2.51. The lowest BCUT2D eigenvalue weighted by Crippen LogP contribution is -2.54. The first kappa shape index (κ1) is 31.3. The number of halogens is 1. The molecule has 1 saturated carbocycles. The highest BCUT2D eigenvalue weighted by Gasteiger charge is 2.54. The third-order valence-corrected chi connectivity index (χ3v) is 11.9. The maximum atomic E-state index is 15.4. The van der Waals surface area contributed by atoms with Crippen LogP contribution in [0.3, 0.4) is 0 Å². The molecular formula is C36H40FN3O4S. The van der Waals surface area contributed by atoms with E-state index in [1.165, 1.54) is 13.0 Å². The van der Waals surface area contributed by atoms with Crippen LogP contribution in [-0.2, 0) is 24.8 Å². The first-order chi connectivity index (χ1) is 21.7. The van der Waals surface area contributed by atoms with Gasteiger partial charge in [0.2, 0.25) is 9.84 Å². The van der Waals surface area contributed by atoms with Crippen LogP contribution >= 0.6 is 0 Å². The molecule has 0 spiro atoms. The van der Waals surface area contributed by atoms with Gasteiger partial charge in [-0.05, 0) is 93.6 Å². The summed E-state index contributed by atoms with van der Waals surface area (Å²) >= 11 is 0. The van der Waals surface area contributed by atoms with E-state index >= 15 is 4.39 Å². The Kier molecular flexibility index (Phi) is 8.98. The van der Waals surface area contributed by atoms with E-state index in [0.29, 0.717) is 22.8 Å². The summed E-state index contributed by atoms with van der Waals surface area (Å²) in [5.41, 5.74) is 0.397. The summed E-state index contributed by atoms with van der Waals surface area (Å²) < 4.78 is 47.0. The van der Waals surface area contributed by atoms with E-state index in [2.05, 4.69) is 15.9 Å². The summed E-state index contributed by atoms with van der Waals surface area (Å²) in [6, 6.07) is 24.9. The van der Waals surface area contributed by atoms with Gasteiger partial charge < -0.3 is 14.5 Å². The lowest BCUT2D eigenvalue weighted by molar-refractivity contribution is -0.149. The van der Waals surface area contributed by atoms with Crippen LogP contribution in [0.1, 0.15) is 44.6 Å². The molecule has 45 heavy (non-hydrogen) atoms. The summed E-state index contributed by atoms with van der Waals surface area (Å²) in [6.07, 6.45) is 3.45.